The van der Waals surface area contributed by atoms with Crippen molar-refractivity contribution in [2.24, 2.45) is 0 Å². The van der Waals surface area contributed by atoms with E-state index in [0.717, 1.165) is 19.7 Å². The SMILES string of the molecule is CCCCCCC(C)OCc1ccccc1CNCC. The fraction of sp³-hybridized carbons (Fsp3) is 0.667. The topological polar surface area (TPSA) is 21.3 Å². The fourth-order valence-electron chi connectivity index (χ4n) is 2.30. The molecule has 0 saturated carbocycles. The van der Waals surface area contributed by atoms with Crippen molar-refractivity contribution in [3.8, 4) is 0 Å². The molecule has 2 heteroatoms. The number of hydrogen-bond donors (Lipinski definition) is 1. The molecular weight excluding hydrogens is 246 g/mol. The molecule has 0 aliphatic carbocycles. The third kappa shape index (κ3) is 7.06. The molecule has 2 nitrogen and oxygen atoms in total. The summed E-state index contributed by atoms with van der Waals surface area (Å²) in [6, 6.07) is 8.56. The molecule has 0 aliphatic heterocycles. The van der Waals surface area contributed by atoms with Crippen LogP contribution in [-0.2, 0) is 17.9 Å². The number of unbranched alkanes of at least 4 members (excludes halogenated alkanes) is 3. The Balaban J connectivity index is 2.32. The quantitative estimate of drug-likeness (QED) is 0.593. The van der Waals surface area contributed by atoms with Gasteiger partial charge in [0.15, 0.2) is 0 Å². The molecule has 1 atom stereocenters. The van der Waals surface area contributed by atoms with Gasteiger partial charge in [0.25, 0.3) is 0 Å². The van der Waals surface area contributed by atoms with E-state index >= 15 is 0 Å². The minimum absolute atomic E-state index is 0.360. The minimum atomic E-state index is 0.360. The van der Waals surface area contributed by atoms with Crippen LogP contribution < -0.4 is 5.32 Å². The third-order valence-corrected chi connectivity index (χ3v) is 3.67. The molecule has 0 aromatic heterocycles. The average molecular weight is 277 g/mol. The first kappa shape index (κ1) is 17.2. The van der Waals surface area contributed by atoms with Gasteiger partial charge in [0.1, 0.15) is 0 Å². The molecule has 1 unspecified atom stereocenters. The summed E-state index contributed by atoms with van der Waals surface area (Å²) in [4.78, 5) is 0. The van der Waals surface area contributed by atoms with Gasteiger partial charge in [-0.2, -0.15) is 0 Å². The Hall–Kier alpha value is -0.860. The van der Waals surface area contributed by atoms with Crippen molar-refractivity contribution in [3.63, 3.8) is 0 Å². The molecule has 1 rings (SSSR count). The lowest BCUT2D eigenvalue weighted by atomic mass is 10.1. The van der Waals surface area contributed by atoms with Crippen molar-refractivity contribution in [1.29, 1.82) is 0 Å². The van der Waals surface area contributed by atoms with Gasteiger partial charge in [0.05, 0.1) is 12.7 Å². The summed E-state index contributed by atoms with van der Waals surface area (Å²) in [6.07, 6.45) is 6.80. The van der Waals surface area contributed by atoms with Crippen LogP contribution in [0.4, 0.5) is 0 Å². The van der Waals surface area contributed by atoms with Crippen LogP contribution in [0.5, 0.6) is 0 Å². The van der Waals surface area contributed by atoms with E-state index in [-0.39, 0.29) is 0 Å². The molecule has 1 N–H and O–H groups in total. The van der Waals surface area contributed by atoms with Gasteiger partial charge >= 0.3 is 0 Å². The van der Waals surface area contributed by atoms with Gasteiger partial charge in [0.2, 0.25) is 0 Å². The molecular formula is C18H31NO. The van der Waals surface area contributed by atoms with E-state index in [1.54, 1.807) is 0 Å². The normalized spacial score (nSPS) is 12.6. The molecule has 0 heterocycles. The van der Waals surface area contributed by atoms with Gasteiger partial charge in [-0.3, -0.25) is 0 Å². The van der Waals surface area contributed by atoms with Crippen LogP contribution in [0, 0.1) is 0 Å². The summed E-state index contributed by atoms with van der Waals surface area (Å²) in [5.41, 5.74) is 2.67. The molecule has 1 aromatic rings. The van der Waals surface area contributed by atoms with Gasteiger partial charge in [-0.15, -0.1) is 0 Å². The van der Waals surface area contributed by atoms with Crippen molar-refractivity contribution >= 4 is 0 Å². The summed E-state index contributed by atoms with van der Waals surface area (Å²) < 4.78 is 6.00. The molecule has 0 radical (unpaired) electrons. The van der Waals surface area contributed by atoms with Crippen molar-refractivity contribution in [2.75, 3.05) is 6.54 Å². The summed E-state index contributed by atoms with van der Waals surface area (Å²) in [7, 11) is 0. The molecule has 20 heavy (non-hydrogen) atoms. The Morgan fingerprint density at radius 3 is 2.50 bits per heavy atom. The summed E-state index contributed by atoms with van der Waals surface area (Å²) in [5.74, 6) is 0. The lowest BCUT2D eigenvalue weighted by Gasteiger charge is -2.15. The van der Waals surface area contributed by atoms with Crippen LogP contribution in [0.2, 0.25) is 0 Å². The average Bonchev–Trinajstić information content (AvgIpc) is 2.48. The van der Waals surface area contributed by atoms with Crippen LogP contribution in [0.15, 0.2) is 24.3 Å². The van der Waals surface area contributed by atoms with Crippen LogP contribution in [0.3, 0.4) is 0 Å². The Labute approximate surface area is 124 Å². The number of benzene rings is 1. The Morgan fingerprint density at radius 1 is 1.05 bits per heavy atom. The Kier molecular flexibility index (Phi) is 9.35. The monoisotopic (exact) mass is 277 g/mol. The van der Waals surface area contributed by atoms with E-state index in [1.165, 1.54) is 43.2 Å². The van der Waals surface area contributed by atoms with Gasteiger partial charge in [0, 0.05) is 6.54 Å². The van der Waals surface area contributed by atoms with Gasteiger partial charge in [-0.1, -0.05) is 63.8 Å². The highest BCUT2D eigenvalue weighted by atomic mass is 16.5. The molecule has 0 saturated heterocycles. The summed E-state index contributed by atoms with van der Waals surface area (Å²) in [5, 5.41) is 3.39. The number of rotatable bonds is 11. The standard InChI is InChI=1S/C18H31NO/c1-4-6-7-8-11-16(3)20-15-18-13-10-9-12-17(18)14-19-5-2/h9-10,12-13,16,19H,4-8,11,14-15H2,1-3H3. The molecule has 114 valence electrons. The first-order chi connectivity index (χ1) is 9.77. The highest BCUT2D eigenvalue weighted by Gasteiger charge is 2.05. The van der Waals surface area contributed by atoms with E-state index in [0.29, 0.717) is 6.10 Å². The van der Waals surface area contributed by atoms with Gasteiger partial charge < -0.3 is 10.1 Å². The summed E-state index contributed by atoms with van der Waals surface area (Å²) >= 11 is 0. The summed E-state index contributed by atoms with van der Waals surface area (Å²) in [6.45, 7) is 9.25. The first-order valence-electron chi connectivity index (χ1n) is 8.17. The largest absolute Gasteiger partial charge is 0.374 e. The molecule has 0 bridgehead atoms. The van der Waals surface area contributed by atoms with E-state index < -0.39 is 0 Å². The number of hydrogen-bond acceptors (Lipinski definition) is 2. The van der Waals surface area contributed by atoms with E-state index in [2.05, 4.69) is 50.4 Å². The minimum Gasteiger partial charge on any atom is -0.374 e. The maximum Gasteiger partial charge on any atom is 0.0723 e. The maximum atomic E-state index is 6.00. The van der Waals surface area contributed by atoms with Crippen molar-refractivity contribution in [2.45, 2.75) is 72.1 Å². The molecule has 0 amide bonds. The number of nitrogens with one attached hydrogen (secondary N) is 1. The van der Waals surface area contributed by atoms with Crippen molar-refractivity contribution < 1.29 is 4.74 Å². The third-order valence-electron chi connectivity index (χ3n) is 3.67. The smallest absolute Gasteiger partial charge is 0.0723 e. The lowest BCUT2D eigenvalue weighted by molar-refractivity contribution is 0.0455. The second-order valence-electron chi connectivity index (χ2n) is 5.52. The van der Waals surface area contributed by atoms with E-state index in [9.17, 15) is 0 Å². The van der Waals surface area contributed by atoms with E-state index in [4.69, 9.17) is 4.74 Å². The zero-order valence-corrected chi connectivity index (χ0v) is 13.5. The van der Waals surface area contributed by atoms with Crippen LogP contribution in [0.1, 0.15) is 64.0 Å². The predicted octanol–water partition coefficient (Wildman–Crippen LogP) is 4.67. The molecule has 1 aromatic carbocycles. The van der Waals surface area contributed by atoms with Crippen LogP contribution in [-0.4, -0.2) is 12.6 Å². The first-order valence-corrected chi connectivity index (χ1v) is 8.17. The second kappa shape index (κ2) is 10.9. The van der Waals surface area contributed by atoms with Crippen molar-refractivity contribution in [3.05, 3.63) is 35.4 Å². The maximum absolute atomic E-state index is 6.00. The molecule has 0 spiro atoms. The van der Waals surface area contributed by atoms with Gasteiger partial charge in [-0.25, -0.2) is 0 Å². The van der Waals surface area contributed by atoms with Gasteiger partial charge in [-0.05, 0) is 31.0 Å². The Bertz CT molecular complexity index is 351. The lowest BCUT2D eigenvalue weighted by Crippen LogP contribution is -2.14. The zero-order chi connectivity index (χ0) is 14.6. The highest BCUT2D eigenvalue weighted by molar-refractivity contribution is 5.26. The molecule has 0 fully saturated rings. The predicted molar refractivity (Wildman–Crippen MR) is 86.8 cm³/mol. The van der Waals surface area contributed by atoms with Crippen molar-refractivity contribution in [1.82, 2.24) is 5.32 Å². The van der Waals surface area contributed by atoms with E-state index in [1.807, 2.05) is 0 Å². The molecule has 0 aliphatic rings. The van der Waals surface area contributed by atoms with Crippen LogP contribution >= 0.6 is 0 Å². The van der Waals surface area contributed by atoms with Crippen LogP contribution in [0.25, 0.3) is 0 Å². The zero-order valence-electron chi connectivity index (χ0n) is 13.5. The second-order valence-corrected chi connectivity index (χ2v) is 5.52. The highest BCUT2D eigenvalue weighted by Crippen LogP contribution is 2.14. The Morgan fingerprint density at radius 2 is 1.80 bits per heavy atom. The number of ether oxygens (including phenoxy) is 1. The fourth-order valence-corrected chi connectivity index (χ4v) is 2.30.